The normalized spacial score (nSPS) is 22.0. The molecule has 0 bridgehead atoms. The minimum absolute atomic E-state index is 0. The highest BCUT2D eigenvalue weighted by Gasteiger charge is 2.49. The highest BCUT2D eigenvalue weighted by molar-refractivity contribution is 7.07. The quantitative estimate of drug-likeness (QED) is 0.809. The number of thiophene rings is 1. The first-order chi connectivity index (χ1) is 11.8. The van der Waals surface area contributed by atoms with E-state index in [1.807, 2.05) is 0 Å². The van der Waals surface area contributed by atoms with Crippen molar-refractivity contribution in [3.63, 3.8) is 0 Å². The molecule has 2 aromatic rings. The van der Waals surface area contributed by atoms with Gasteiger partial charge in [0.25, 0.3) is 0 Å². The maximum atomic E-state index is 13.4. The molecule has 1 aliphatic carbocycles. The van der Waals surface area contributed by atoms with Crippen molar-refractivity contribution in [3.05, 3.63) is 57.8 Å². The van der Waals surface area contributed by atoms with Crippen LogP contribution in [-0.2, 0) is 23.3 Å². The highest BCUT2D eigenvalue weighted by Crippen LogP contribution is 2.42. The van der Waals surface area contributed by atoms with E-state index in [1.165, 1.54) is 16.7 Å². The highest BCUT2D eigenvalue weighted by atomic mass is 35.5. The second kappa shape index (κ2) is 9.20. The minimum atomic E-state index is -0.505. The Hall–Kier alpha value is -1.11. The summed E-state index contributed by atoms with van der Waals surface area (Å²) < 4.78 is 0. The van der Waals surface area contributed by atoms with Gasteiger partial charge in [-0.1, -0.05) is 24.3 Å². The van der Waals surface area contributed by atoms with Crippen LogP contribution in [0.3, 0.4) is 0 Å². The Balaban J connectivity index is 0.00000121. The molecule has 0 saturated carbocycles. The van der Waals surface area contributed by atoms with Gasteiger partial charge in [0.1, 0.15) is 5.54 Å². The zero-order valence-electron chi connectivity index (χ0n) is 14.6. The van der Waals surface area contributed by atoms with Crippen LogP contribution in [0.2, 0.25) is 0 Å². The summed E-state index contributed by atoms with van der Waals surface area (Å²) in [5, 5.41) is 10.8. The Labute approximate surface area is 171 Å². The molecule has 1 fully saturated rings. The van der Waals surface area contributed by atoms with E-state index in [-0.39, 0.29) is 30.7 Å². The van der Waals surface area contributed by atoms with Crippen LogP contribution >= 0.6 is 36.2 Å². The third-order valence-electron chi connectivity index (χ3n) is 5.28. The van der Waals surface area contributed by atoms with Gasteiger partial charge in [0, 0.05) is 32.7 Å². The lowest BCUT2D eigenvalue weighted by atomic mass is 9.87. The van der Waals surface area contributed by atoms with E-state index < -0.39 is 5.54 Å². The standard InChI is InChI=1S/C19H23N3OS.2ClH/c23-18(21-13-15-6-12-24-14-15)19(22-10-8-20-9-11-22)7-5-16-3-1-2-4-17(16)19;;/h1-4,6,12,14,20H,5,7-11,13H2,(H,21,23);2*1H. The second-order valence-corrected chi connectivity index (χ2v) is 7.35. The number of halogens is 2. The Bertz CT molecular complexity index is 719. The van der Waals surface area contributed by atoms with E-state index in [2.05, 4.69) is 56.6 Å². The molecular weight excluding hydrogens is 389 g/mol. The summed E-state index contributed by atoms with van der Waals surface area (Å²) in [6.07, 6.45) is 1.85. The van der Waals surface area contributed by atoms with Gasteiger partial charge < -0.3 is 10.6 Å². The molecule has 4 nitrogen and oxygen atoms in total. The fourth-order valence-electron chi connectivity index (χ4n) is 4.07. The van der Waals surface area contributed by atoms with Crippen LogP contribution < -0.4 is 10.6 Å². The van der Waals surface area contributed by atoms with Crippen molar-refractivity contribution in [2.24, 2.45) is 0 Å². The first kappa shape index (κ1) is 21.2. The Kier molecular flexibility index (Phi) is 7.50. The van der Waals surface area contributed by atoms with Gasteiger partial charge in [-0.3, -0.25) is 9.69 Å². The maximum absolute atomic E-state index is 13.4. The average molecular weight is 414 g/mol. The molecule has 4 rings (SSSR count). The molecule has 1 unspecified atom stereocenters. The number of fused-ring (bicyclic) bond motifs is 1. The molecule has 1 saturated heterocycles. The van der Waals surface area contributed by atoms with Crippen molar-refractivity contribution < 1.29 is 4.79 Å². The van der Waals surface area contributed by atoms with Crippen molar-refractivity contribution in [2.45, 2.75) is 24.9 Å². The van der Waals surface area contributed by atoms with Crippen molar-refractivity contribution in [3.8, 4) is 0 Å². The third-order valence-corrected chi connectivity index (χ3v) is 6.02. The van der Waals surface area contributed by atoms with Gasteiger partial charge in [0.05, 0.1) is 0 Å². The number of carbonyl (C=O) groups is 1. The number of piperazine rings is 1. The molecule has 1 atom stereocenters. The average Bonchev–Trinajstić information content (AvgIpc) is 3.29. The number of amides is 1. The Morgan fingerprint density at radius 3 is 2.69 bits per heavy atom. The summed E-state index contributed by atoms with van der Waals surface area (Å²) in [5.74, 6) is 0.153. The summed E-state index contributed by atoms with van der Waals surface area (Å²) in [7, 11) is 0. The van der Waals surface area contributed by atoms with Crippen LogP contribution in [0.1, 0.15) is 23.1 Å². The lowest BCUT2D eigenvalue weighted by Crippen LogP contribution is -2.60. The molecule has 2 N–H and O–H groups in total. The van der Waals surface area contributed by atoms with Crippen LogP contribution in [0.15, 0.2) is 41.1 Å². The molecule has 0 spiro atoms. The number of hydrogen-bond acceptors (Lipinski definition) is 4. The van der Waals surface area contributed by atoms with Gasteiger partial charge in [-0.05, 0) is 46.4 Å². The second-order valence-electron chi connectivity index (χ2n) is 6.57. The van der Waals surface area contributed by atoms with E-state index in [0.29, 0.717) is 6.54 Å². The van der Waals surface area contributed by atoms with Crippen molar-refractivity contribution in [2.75, 3.05) is 26.2 Å². The van der Waals surface area contributed by atoms with E-state index in [4.69, 9.17) is 0 Å². The van der Waals surface area contributed by atoms with Crippen LogP contribution in [-0.4, -0.2) is 37.0 Å². The zero-order valence-corrected chi connectivity index (χ0v) is 17.0. The molecule has 1 aromatic carbocycles. The molecule has 1 aromatic heterocycles. The van der Waals surface area contributed by atoms with Crippen LogP contribution in [0.25, 0.3) is 0 Å². The summed E-state index contributed by atoms with van der Waals surface area (Å²) in [4.78, 5) is 15.7. The van der Waals surface area contributed by atoms with Gasteiger partial charge in [0.15, 0.2) is 0 Å². The summed E-state index contributed by atoms with van der Waals surface area (Å²) in [6, 6.07) is 10.5. The van der Waals surface area contributed by atoms with Gasteiger partial charge in [-0.15, -0.1) is 24.8 Å². The Morgan fingerprint density at radius 1 is 1.19 bits per heavy atom. The fourth-order valence-corrected chi connectivity index (χ4v) is 4.74. The fraction of sp³-hybridized carbons (Fsp3) is 0.421. The molecule has 142 valence electrons. The SMILES string of the molecule is Cl.Cl.O=C(NCc1ccsc1)C1(N2CCNCC2)CCc2ccccc21. The molecule has 2 heterocycles. The zero-order chi connectivity index (χ0) is 16.4. The Morgan fingerprint density at radius 2 is 1.96 bits per heavy atom. The number of nitrogens with zero attached hydrogens (tertiary/aromatic N) is 1. The van der Waals surface area contributed by atoms with E-state index in [1.54, 1.807) is 11.3 Å². The molecule has 0 radical (unpaired) electrons. The summed E-state index contributed by atoms with van der Waals surface area (Å²) in [5.41, 5.74) is 3.20. The largest absolute Gasteiger partial charge is 0.350 e. The predicted octanol–water partition coefficient (Wildman–Crippen LogP) is 2.95. The number of carbonyl (C=O) groups excluding carboxylic acids is 1. The monoisotopic (exact) mass is 413 g/mol. The van der Waals surface area contributed by atoms with Crippen LogP contribution in [0.5, 0.6) is 0 Å². The number of hydrogen-bond donors (Lipinski definition) is 2. The minimum Gasteiger partial charge on any atom is -0.350 e. The molecular formula is C19H25Cl2N3OS. The van der Waals surface area contributed by atoms with Crippen molar-refractivity contribution in [1.29, 1.82) is 0 Å². The number of nitrogens with one attached hydrogen (secondary N) is 2. The number of rotatable bonds is 4. The topological polar surface area (TPSA) is 44.4 Å². The lowest BCUT2D eigenvalue weighted by Gasteiger charge is -2.43. The molecule has 1 aliphatic heterocycles. The summed E-state index contributed by atoms with van der Waals surface area (Å²) in [6.45, 7) is 4.34. The first-order valence-corrected chi connectivity index (χ1v) is 9.58. The molecule has 7 heteroatoms. The van der Waals surface area contributed by atoms with Gasteiger partial charge in [-0.25, -0.2) is 0 Å². The molecule has 26 heavy (non-hydrogen) atoms. The van der Waals surface area contributed by atoms with Crippen molar-refractivity contribution >= 4 is 42.1 Å². The maximum Gasteiger partial charge on any atom is 0.245 e. The van der Waals surface area contributed by atoms with E-state index in [9.17, 15) is 4.79 Å². The molecule has 2 aliphatic rings. The summed E-state index contributed by atoms with van der Waals surface area (Å²) >= 11 is 1.67. The van der Waals surface area contributed by atoms with E-state index in [0.717, 1.165) is 39.0 Å². The van der Waals surface area contributed by atoms with Gasteiger partial charge >= 0.3 is 0 Å². The first-order valence-electron chi connectivity index (χ1n) is 8.64. The predicted molar refractivity (Wildman–Crippen MR) is 112 cm³/mol. The van der Waals surface area contributed by atoms with Crippen molar-refractivity contribution in [1.82, 2.24) is 15.5 Å². The molecule has 1 amide bonds. The number of aryl methyl sites for hydroxylation is 1. The number of benzene rings is 1. The van der Waals surface area contributed by atoms with Gasteiger partial charge in [-0.2, -0.15) is 11.3 Å². The van der Waals surface area contributed by atoms with Crippen LogP contribution in [0.4, 0.5) is 0 Å². The smallest absolute Gasteiger partial charge is 0.245 e. The van der Waals surface area contributed by atoms with E-state index >= 15 is 0 Å². The van der Waals surface area contributed by atoms with Crippen LogP contribution in [0, 0.1) is 0 Å². The lowest BCUT2D eigenvalue weighted by molar-refractivity contribution is -0.135. The third kappa shape index (κ3) is 3.78. The van der Waals surface area contributed by atoms with Gasteiger partial charge in [0.2, 0.25) is 5.91 Å².